The number of hydrogen-bond donors (Lipinski definition) is 3. The standard InChI is InChI=1S/C13H22N6O2/c1-9(2)16-12(20)7-15-13(21)11-8-19(18-17-11)10-3-5-14-6-4-10/h8-10,14H,3-7H2,1-2H3,(H,15,21)(H,16,20). The summed E-state index contributed by atoms with van der Waals surface area (Å²) in [6, 6.07) is 0.333. The van der Waals surface area contributed by atoms with Crippen LogP contribution in [0.4, 0.5) is 0 Å². The third kappa shape index (κ3) is 4.52. The van der Waals surface area contributed by atoms with Crippen LogP contribution >= 0.6 is 0 Å². The topological polar surface area (TPSA) is 101 Å². The fourth-order valence-electron chi connectivity index (χ4n) is 2.25. The van der Waals surface area contributed by atoms with Crippen molar-refractivity contribution in [3.05, 3.63) is 11.9 Å². The van der Waals surface area contributed by atoms with Crippen LogP contribution in [-0.4, -0.2) is 52.5 Å². The molecule has 1 aromatic rings. The molecule has 1 aliphatic heterocycles. The second-order valence-electron chi connectivity index (χ2n) is 5.47. The molecule has 1 fully saturated rings. The van der Waals surface area contributed by atoms with Crippen molar-refractivity contribution in [3.63, 3.8) is 0 Å². The minimum atomic E-state index is -0.380. The zero-order chi connectivity index (χ0) is 15.2. The van der Waals surface area contributed by atoms with Crippen molar-refractivity contribution in [2.24, 2.45) is 0 Å². The molecule has 2 rings (SSSR count). The van der Waals surface area contributed by atoms with Crippen LogP contribution in [0.15, 0.2) is 6.20 Å². The third-order valence-corrected chi connectivity index (χ3v) is 3.28. The molecular formula is C13H22N6O2. The SMILES string of the molecule is CC(C)NC(=O)CNC(=O)c1cn(C2CCNCC2)nn1. The molecule has 1 saturated heterocycles. The Morgan fingerprint density at radius 2 is 2.14 bits per heavy atom. The highest BCUT2D eigenvalue weighted by molar-refractivity contribution is 5.94. The second-order valence-corrected chi connectivity index (χ2v) is 5.47. The first-order chi connectivity index (χ1) is 10.1. The maximum Gasteiger partial charge on any atom is 0.273 e. The van der Waals surface area contributed by atoms with E-state index in [2.05, 4.69) is 26.3 Å². The van der Waals surface area contributed by atoms with Gasteiger partial charge in [0, 0.05) is 6.04 Å². The Morgan fingerprint density at radius 3 is 2.81 bits per heavy atom. The van der Waals surface area contributed by atoms with E-state index in [1.807, 2.05) is 13.8 Å². The first-order valence-electron chi connectivity index (χ1n) is 7.26. The summed E-state index contributed by atoms with van der Waals surface area (Å²) >= 11 is 0. The first-order valence-corrected chi connectivity index (χ1v) is 7.26. The molecule has 0 bridgehead atoms. The highest BCUT2D eigenvalue weighted by Gasteiger charge is 2.19. The Balaban J connectivity index is 1.85. The second kappa shape index (κ2) is 7.16. The van der Waals surface area contributed by atoms with Gasteiger partial charge >= 0.3 is 0 Å². The lowest BCUT2D eigenvalue weighted by atomic mass is 10.1. The van der Waals surface area contributed by atoms with E-state index >= 15 is 0 Å². The summed E-state index contributed by atoms with van der Waals surface area (Å²) in [5.41, 5.74) is 0.242. The van der Waals surface area contributed by atoms with Gasteiger partial charge in [0.05, 0.1) is 18.8 Å². The number of nitrogens with zero attached hydrogens (tertiary/aromatic N) is 3. The van der Waals surface area contributed by atoms with Crippen LogP contribution in [0.1, 0.15) is 43.2 Å². The van der Waals surface area contributed by atoms with E-state index in [-0.39, 0.29) is 36.1 Å². The van der Waals surface area contributed by atoms with Crippen molar-refractivity contribution < 1.29 is 9.59 Å². The van der Waals surface area contributed by atoms with Gasteiger partial charge in [0.2, 0.25) is 5.91 Å². The number of nitrogens with one attached hydrogen (secondary N) is 3. The van der Waals surface area contributed by atoms with Crippen LogP contribution in [0.25, 0.3) is 0 Å². The Hall–Kier alpha value is -1.96. The van der Waals surface area contributed by atoms with Crippen molar-refractivity contribution in [2.75, 3.05) is 19.6 Å². The number of carbonyl (C=O) groups is 2. The molecule has 2 amide bonds. The average Bonchev–Trinajstić information content (AvgIpc) is 2.95. The van der Waals surface area contributed by atoms with Gasteiger partial charge in [0.25, 0.3) is 5.91 Å². The van der Waals surface area contributed by atoms with Crippen LogP contribution in [0, 0.1) is 0 Å². The predicted octanol–water partition coefficient (Wildman–Crippen LogP) is -0.543. The molecule has 0 spiro atoms. The molecule has 0 radical (unpaired) electrons. The smallest absolute Gasteiger partial charge is 0.273 e. The van der Waals surface area contributed by atoms with E-state index < -0.39 is 0 Å². The number of carbonyl (C=O) groups excluding carboxylic acids is 2. The Kier molecular flexibility index (Phi) is 5.26. The minimum Gasteiger partial charge on any atom is -0.352 e. The number of hydrogen-bond acceptors (Lipinski definition) is 5. The zero-order valence-corrected chi connectivity index (χ0v) is 12.4. The molecular weight excluding hydrogens is 272 g/mol. The van der Waals surface area contributed by atoms with Gasteiger partial charge < -0.3 is 16.0 Å². The summed E-state index contributed by atoms with van der Waals surface area (Å²) in [4.78, 5) is 23.4. The third-order valence-electron chi connectivity index (χ3n) is 3.28. The number of amides is 2. The number of rotatable bonds is 5. The summed E-state index contributed by atoms with van der Waals surface area (Å²) < 4.78 is 1.74. The van der Waals surface area contributed by atoms with Gasteiger partial charge in [-0.1, -0.05) is 5.21 Å². The monoisotopic (exact) mass is 294 g/mol. The van der Waals surface area contributed by atoms with Gasteiger partial charge in [-0.3, -0.25) is 9.59 Å². The number of aromatic nitrogens is 3. The van der Waals surface area contributed by atoms with Gasteiger partial charge in [0.15, 0.2) is 5.69 Å². The van der Waals surface area contributed by atoms with Crippen molar-refractivity contribution in [2.45, 2.75) is 38.8 Å². The molecule has 0 aliphatic carbocycles. The fourth-order valence-corrected chi connectivity index (χ4v) is 2.25. The minimum absolute atomic E-state index is 0.0511. The van der Waals surface area contributed by atoms with Crippen molar-refractivity contribution >= 4 is 11.8 Å². The summed E-state index contributed by atoms with van der Waals surface area (Å²) in [5.74, 6) is -0.599. The van der Waals surface area contributed by atoms with Gasteiger partial charge in [0.1, 0.15) is 0 Å². The molecule has 1 aromatic heterocycles. The predicted molar refractivity (Wildman–Crippen MR) is 76.8 cm³/mol. The Morgan fingerprint density at radius 1 is 1.43 bits per heavy atom. The van der Waals surface area contributed by atoms with Crippen LogP contribution < -0.4 is 16.0 Å². The largest absolute Gasteiger partial charge is 0.352 e. The van der Waals surface area contributed by atoms with Crippen molar-refractivity contribution in [3.8, 4) is 0 Å². The molecule has 8 nitrogen and oxygen atoms in total. The normalized spacial score (nSPS) is 16.0. The highest BCUT2D eigenvalue weighted by atomic mass is 16.2. The van der Waals surface area contributed by atoms with Crippen molar-refractivity contribution in [1.82, 2.24) is 30.9 Å². The van der Waals surface area contributed by atoms with E-state index in [9.17, 15) is 9.59 Å². The molecule has 2 heterocycles. The molecule has 8 heteroatoms. The van der Waals surface area contributed by atoms with Gasteiger partial charge in [-0.15, -0.1) is 5.10 Å². The maximum absolute atomic E-state index is 11.9. The van der Waals surface area contributed by atoms with Gasteiger partial charge in [-0.2, -0.15) is 0 Å². The average molecular weight is 294 g/mol. The molecule has 1 aliphatic rings. The van der Waals surface area contributed by atoms with Crippen LogP contribution in [0.5, 0.6) is 0 Å². The lowest BCUT2D eigenvalue weighted by Crippen LogP contribution is -2.39. The first kappa shape index (κ1) is 15.4. The molecule has 21 heavy (non-hydrogen) atoms. The van der Waals surface area contributed by atoms with E-state index in [0.717, 1.165) is 25.9 Å². The lowest BCUT2D eigenvalue weighted by Gasteiger charge is -2.22. The van der Waals surface area contributed by atoms with E-state index in [0.29, 0.717) is 0 Å². The van der Waals surface area contributed by atoms with Crippen molar-refractivity contribution in [1.29, 1.82) is 0 Å². The summed E-state index contributed by atoms with van der Waals surface area (Å²) in [7, 11) is 0. The highest BCUT2D eigenvalue weighted by Crippen LogP contribution is 2.16. The molecule has 116 valence electrons. The van der Waals surface area contributed by atoms with E-state index in [1.165, 1.54) is 0 Å². The molecule has 0 unspecified atom stereocenters. The molecule has 3 N–H and O–H groups in total. The maximum atomic E-state index is 11.9. The molecule has 0 saturated carbocycles. The van der Waals surface area contributed by atoms with Gasteiger partial charge in [-0.25, -0.2) is 4.68 Å². The number of piperidine rings is 1. The Labute approximate surface area is 123 Å². The zero-order valence-electron chi connectivity index (χ0n) is 12.4. The van der Waals surface area contributed by atoms with Gasteiger partial charge in [-0.05, 0) is 39.8 Å². The van der Waals surface area contributed by atoms with Crippen LogP contribution in [0.3, 0.4) is 0 Å². The fraction of sp³-hybridized carbons (Fsp3) is 0.692. The lowest BCUT2D eigenvalue weighted by molar-refractivity contribution is -0.120. The summed E-state index contributed by atoms with van der Waals surface area (Å²) in [6.45, 7) is 5.56. The quantitative estimate of drug-likeness (QED) is 0.677. The van der Waals surface area contributed by atoms with E-state index in [1.54, 1.807) is 10.9 Å². The Bertz CT molecular complexity index is 493. The summed E-state index contributed by atoms with van der Waals surface area (Å²) in [6.07, 6.45) is 3.59. The summed E-state index contributed by atoms with van der Waals surface area (Å²) in [5, 5.41) is 16.4. The van der Waals surface area contributed by atoms with Crippen LogP contribution in [0.2, 0.25) is 0 Å². The molecule has 0 aromatic carbocycles. The molecule has 0 atom stereocenters. The van der Waals surface area contributed by atoms with Crippen LogP contribution in [-0.2, 0) is 4.79 Å². The van der Waals surface area contributed by atoms with E-state index in [4.69, 9.17) is 0 Å².